The van der Waals surface area contributed by atoms with E-state index in [0.717, 1.165) is 23.9 Å². The Labute approximate surface area is 124 Å². The minimum Gasteiger partial charge on any atom is -0.382 e. The number of rotatable bonds is 6. The molecule has 0 aliphatic rings. The summed E-state index contributed by atoms with van der Waals surface area (Å²) in [6, 6.07) is 7.25. The number of nitrogens with one attached hydrogen (secondary N) is 1. The summed E-state index contributed by atoms with van der Waals surface area (Å²) in [5, 5.41) is 15.3. The van der Waals surface area contributed by atoms with Crippen LogP contribution in [0.3, 0.4) is 0 Å². The second kappa shape index (κ2) is 6.52. The molecular weight excluding hydrogens is 266 g/mol. The van der Waals surface area contributed by atoms with Gasteiger partial charge in [-0.3, -0.25) is 10.1 Å². The summed E-state index contributed by atoms with van der Waals surface area (Å²) in [6.07, 6.45) is 3.83. The number of aromatic nitrogens is 1. The molecule has 1 aromatic carbocycles. The van der Waals surface area contributed by atoms with Gasteiger partial charge in [-0.1, -0.05) is 26.0 Å². The molecule has 5 nitrogen and oxygen atoms in total. The van der Waals surface area contributed by atoms with E-state index in [1.54, 1.807) is 12.3 Å². The first-order valence-electron chi connectivity index (χ1n) is 7.27. The lowest BCUT2D eigenvalue weighted by atomic mass is 10.0. The number of hydrogen-bond acceptors (Lipinski definition) is 4. The number of nitro benzene ring substituents is 1. The standard InChI is InChI=1S/C16H21N3O2/c1-11(2)7-8-12(3)18-14-9-10-17-16-13(14)5-4-6-15(16)19(20)21/h4-6,9-12H,7-8H2,1-3H3,(H,17,18). The fourth-order valence-corrected chi connectivity index (χ4v) is 2.35. The van der Waals surface area contributed by atoms with E-state index in [0.29, 0.717) is 17.5 Å². The fraction of sp³-hybridized carbons (Fsp3) is 0.438. The predicted octanol–water partition coefficient (Wildman–Crippen LogP) is 4.38. The molecule has 1 unspecified atom stereocenters. The van der Waals surface area contributed by atoms with Crippen LogP contribution < -0.4 is 5.32 Å². The molecule has 0 spiro atoms. The van der Waals surface area contributed by atoms with Crippen molar-refractivity contribution in [1.82, 2.24) is 4.98 Å². The molecule has 2 rings (SSSR count). The molecule has 5 heteroatoms. The third-order valence-corrected chi connectivity index (χ3v) is 3.53. The van der Waals surface area contributed by atoms with Crippen LogP contribution in [0.1, 0.15) is 33.6 Å². The van der Waals surface area contributed by atoms with Gasteiger partial charge < -0.3 is 5.32 Å². The van der Waals surface area contributed by atoms with Crippen molar-refractivity contribution in [3.8, 4) is 0 Å². The van der Waals surface area contributed by atoms with Crippen molar-refractivity contribution in [3.63, 3.8) is 0 Å². The molecule has 1 heterocycles. The Morgan fingerprint density at radius 2 is 2.00 bits per heavy atom. The van der Waals surface area contributed by atoms with Gasteiger partial charge in [0, 0.05) is 29.4 Å². The van der Waals surface area contributed by atoms with Crippen molar-refractivity contribution in [2.45, 2.75) is 39.7 Å². The van der Waals surface area contributed by atoms with Crippen LogP contribution >= 0.6 is 0 Å². The molecule has 21 heavy (non-hydrogen) atoms. The molecule has 0 radical (unpaired) electrons. The maximum Gasteiger partial charge on any atom is 0.295 e. The van der Waals surface area contributed by atoms with E-state index in [1.165, 1.54) is 6.07 Å². The molecule has 0 bridgehead atoms. The molecule has 0 saturated carbocycles. The van der Waals surface area contributed by atoms with E-state index < -0.39 is 0 Å². The number of fused-ring (bicyclic) bond motifs is 1. The van der Waals surface area contributed by atoms with Gasteiger partial charge in [0.25, 0.3) is 5.69 Å². The molecule has 112 valence electrons. The second-order valence-corrected chi connectivity index (χ2v) is 5.81. The quantitative estimate of drug-likeness (QED) is 0.632. The topological polar surface area (TPSA) is 68.1 Å². The Morgan fingerprint density at radius 1 is 1.24 bits per heavy atom. The molecule has 0 saturated heterocycles. The highest BCUT2D eigenvalue weighted by atomic mass is 16.6. The third kappa shape index (κ3) is 3.68. The van der Waals surface area contributed by atoms with Crippen LogP contribution in [0.15, 0.2) is 30.5 Å². The van der Waals surface area contributed by atoms with Crippen LogP contribution in [0.25, 0.3) is 10.9 Å². The molecule has 0 aliphatic heterocycles. The maximum atomic E-state index is 11.1. The number of pyridine rings is 1. The Balaban J connectivity index is 2.28. The van der Waals surface area contributed by atoms with Crippen molar-refractivity contribution in [2.24, 2.45) is 5.92 Å². The molecule has 1 atom stereocenters. The number of nitrogens with zero attached hydrogens (tertiary/aromatic N) is 2. The van der Waals surface area contributed by atoms with E-state index in [-0.39, 0.29) is 10.6 Å². The first-order valence-corrected chi connectivity index (χ1v) is 7.27. The van der Waals surface area contributed by atoms with E-state index in [4.69, 9.17) is 0 Å². The summed E-state index contributed by atoms with van der Waals surface area (Å²) in [5.41, 5.74) is 1.38. The van der Waals surface area contributed by atoms with Gasteiger partial charge in [0.05, 0.1) is 4.92 Å². The van der Waals surface area contributed by atoms with Gasteiger partial charge in [-0.25, -0.2) is 4.98 Å². The van der Waals surface area contributed by atoms with Crippen LogP contribution in [0.2, 0.25) is 0 Å². The summed E-state index contributed by atoms with van der Waals surface area (Å²) in [5.74, 6) is 0.671. The average molecular weight is 287 g/mol. The van der Waals surface area contributed by atoms with Crippen LogP contribution in [0.4, 0.5) is 11.4 Å². The van der Waals surface area contributed by atoms with E-state index in [1.807, 2.05) is 12.1 Å². The Morgan fingerprint density at radius 3 is 2.67 bits per heavy atom. The zero-order chi connectivity index (χ0) is 15.4. The monoisotopic (exact) mass is 287 g/mol. The molecular formula is C16H21N3O2. The SMILES string of the molecule is CC(C)CCC(C)Nc1ccnc2c([N+](=O)[O-])cccc12. The van der Waals surface area contributed by atoms with Crippen LogP contribution in [-0.4, -0.2) is 15.9 Å². The Hall–Kier alpha value is -2.17. The predicted molar refractivity (Wildman–Crippen MR) is 85.6 cm³/mol. The maximum absolute atomic E-state index is 11.1. The highest BCUT2D eigenvalue weighted by Gasteiger charge is 2.15. The van der Waals surface area contributed by atoms with Gasteiger partial charge in [-0.2, -0.15) is 0 Å². The van der Waals surface area contributed by atoms with Crippen molar-refractivity contribution >= 4 is 22.3 Å². The molecule has 1 N–H and O–H groups in total. The lowest BCUT2D eigenvalue weighted by Crippen LogP contribution is -2.16. The van der Waals surface area contributed by atoms with Crippen LogP contribution in [-0.2, 0) is 0 Å². The summed E-state index contributed by atoms with van der Waals surface area (Å²) in [7, 11) is 0. The Kier molecular flexibility index (Phi) is 4.73. The average Bonchev–Trinajstić information content (AvgIpc) is 2.44. The summed E-state index contributed by atoms with van der Waals surface area (Å²) in [6.45, 7) is 6.54. The molecule has 0 aliphatic carbocycles. The fourth-order valence-electron chi connectivity index (χ4n) is 2.35. The number of hydrogen-bond donors (Lipinski definition) is 1. The van der Waals surface area contributed by atoms with E-state index in [9.17, 15) is 10.1 Å². The number of nitro groups is 1. The van der Waals surface area contributed by atoms with E-state index in [2.05, 4.69) is 31.1 Å². The number of anilines is 1. The van der Waals surface area contributed by atoms with Gasteiger partial charge in [0.1, 0.15) is 5.52 Å². The summed E-state index contributed by atoms with van der Waals surface area (Å²) >= 11 is 0. The lowest BCUT2D eigenvalue weighted by molar-refractivity contribution is -0.383. The highest BCUT2D eigenvalue weighted by Crippen LogP contribution is 2.29. The Bertz CT molecular complexity index is 640. The van der Waals surface area contributed by atoms with Gasteiger partial charge in [-0.05, 0) is 31.7 Å². The summed E-state index contributed by atoms with van der Waals surface area (Å²) < 4.78 is 0. The van der Waals surface area contributed by atoms with Crippen LogP contribution in [0.5, 0.6) is 0 Å². The lowest BCUT2D eigenvalue weighted by Gasteiger charge is -2.17. The smallest absolute Gasteiger partial charge is 0.295 e. The summed E-state index contributed by atoms with van der Waals surface area (Å²) in [4.78, 5) is 14.8. The van der Waals surface area contributed by atoms with Crippen molar-refractivity contribution in [3.05, 3.63) is 40.6 Å². The largest absolute Gasteiger partial charge is 0.382 e. The zero-order valence-electron chi connectivity index (χ0n) is 12.7. The van der Waals surface area contributed by atoms with Crippen molar-refractivity contribution < 1.29 is 4.92 Å². The zero-order valence-corrected chi connectivity index (χ0v) is 12.7. The minimum atomic E-state index is -0.388. The van der Waals surface area contributed by atoms with Crippen molar-refractivity contribution in [2.75, 3.05) is 5.32 Å². The van der Waals surface area contributed by atoms with Gasteiger partial charge in [0.2, 0.25) is 0 Å². The number of para-hydroxylation sites is 1. The highest BCUT2D eigenvalue weighted by molar-refractivity contribution is 5.96. The third-order valence-electron chi connectivity index (χ3n) is 3.53. The van der Waals surface area contributed by atoms with Crippen molar-refractivity contribution in [1.29, 1.82) is 0 Å². The normalized spacial score (nSPS) is 12.6. The molecule has 2 aromatic rings. The first kappa shape index (κ1) is 15.2. The molecule has 0 amide bonds. The number of non-ortho nitro benzene ring substituents is 1. The number of benzene rings is 1. The van der Waals surface area contributed by atoms with Crippen LogP contribution in [0, 0.1) is 16.0 Å². The van der Waals surface area contributed by atoms with Gasteiger partial charge in [-0.15, -0.1) is 0 Å². The van der Waals surface area contributed by atoms with E-state index >= 15 is 0 Å². The molecule has 0 fully saturated rings. The molecule has 1 aromatic heterocycles. The van der Waals surface area contributed by atoms with Gasteiger partial charge in [0.15, 0.2) is 0 Å². The second-order valence-electron chi connectivity index (χ2n) is 5.81. The minimum absolute atomic E-state index is 0.0472. The van der Waals surface area contributed by atoms with Gasteiger partial charge >= 0.3 is 0 Å². The first-order chi connectivity index (χ1) is 9.99.